The van der Waals surface area contributed by atoms with Crippen LogP contribution < -0.4 is 0 Å². The smallest absolute Gasteiger partial charge is 0.549 e. The average molecular weight is 161 g/mol. The van der Waals surface area contributed by atoms with Crippen LogP contribution in [0.25, 0.3) is 0 Å². The molecule has 0 heterocycles. The van der Waals surface area contributed by atoms with E-state index in [4.69, 9.17) is 6.58 Å². The Bertz CT molecular complexity index is 50.5. The molecular formula is C8H13Cr. The molecule has 1 heteroatoms. The second-order valence-electron chi connectivity index (χ2n) is 1.78. The van der Waals surface area contributed by atoms with Crippen molar-refractivity contribution >= 4 is 0 Å². The largest absolute Gasteiger partial charge is 3.00 e. The summed E-state index contributed by atoms with van der Waals surface area (Å²) in [6.07, 6.45) is 8.16. The Kier molecular flexibility index (Phi) is 14.5. The molecule has 0 aromatic heterocycles. The first-order chi connectivity index (χ1) is 3.91. The Balaban J connectivity index is 0. The zero-order valence-electron chi connectivity index (χ0n) is 5.68. The Morgan fingerprint density at radius 3 is 2.56 bits per heavy atom. The summed E-state index contributed by atoms with van der Waals surface area (Å²) in [5, 5.41) is 0. The molecule has 0 N–H and O–H groups in total. The Morgan fingerprint density at radius 2 is 2.11 bits per heavy atom. The molecule has 0 aromatic carbocycles. The first-order valence-electron chi connectivity index (χ1n) is 3.07. The summed E-state index contributed by atoms with van der Waals surface area (Å²) in [6, 6.07) is 0. The summed E-state index contributed by atoms with van der Waals surface area (Å²) in [6.45, 7) is 8.84. The maximum Gasteiger partial charge on any atom is 3.00 e. The molecule has 0 aliphatic carbocycles. The molecule has 9 heavy (non-hydrogen) atoms. The molecular weight excluding hydrogens is 148 g/mol. The molecule has 0 saturated heterocycles. The molecule has 0 fully saturated rings. The van der Waals surface area contributed by atoms with Crippen LogP contribution in [0.4, 0.5) is 0 Å². The summed E-state index contributed by atoms with van der Waals surface area (Å²) in [5.74, 6) is 0. The fourth-order valence-corrected chi connectivity index (χ4v) is 0.535. The van der Waals surface area contributed by atoms with Gasteiger partial charge in [-0.3, -0.25) is 0 Å². The van der Waals surface area contributed by atoms with Crippen LogP contribution in [0.2, 0.25) is 0 Å². The van der Waals surface area contributed by atoms with E-state index in [-0.39, 0.29) is 17.4 Å². The average Bonchev–Trinajstić information content (AvgIpc) is 1.81. The molecule has 0 saturated carbocycles. The van der Waals surface area contributed by atoms with Gasteiger partial charge in [-0.25, -0.2) is 0 Å². The van der Waals surface area contributed by atoms with Crippen LogP contribution in [0.5, 0.6) is 0 Å². The Labute approximate surface area is 69.5 Å². The van der Waals surface area contributed by atoms with Crippen molar-refractivity contribution in [3.8, 4) is 0 Å². The van der Waals surface area contributed by atoms with Crippen LogP contribution >= 0.6 is 0 Å². The minimum atomic E-state index is 0. The van der Waals surface area contributed by atoms with E-state index in [0.717, 1.165) is 12.8 Å². The van der Waals surface area contributed by atoms with Crippen LogP contribution in [0, 0.1) is 19.9 Å². The van der Waals surface area contributed by atoms with Crippen LogP contribution in [0.1, 0.15) is 25.7 Å². The fraction of sp³-hybridized carbons (Fsp3) is 0.500. The van der Waals surface area contributed by atoms with E-state index in [0.29, 0.717) is 0 Å². The molecule has 0 spiro atoms. The standard InChI is InChI=1S/C8H13.Cr/c1-3-5-7-8-6-4-2;/h1,3,5H,2,4,6-8H2;/q-3;+3. The third kappa shape index (κ3) is 11.6. The number of rotatable bonds is 5. The van der Waals surface area contributed by atoms with E-state index in [1.54, 1.807) is 6.08 Å². The molecule has 0 atom stereocenters. The molecule has 1 radical (unpaired) electrons. The number of allylic oxidation sites excluding steroid dienone is 1. The minimum Gasteiger partial charge on any atom is -0.549 e. The van der Waals surface area contributed by atoms with E-state index >= 15 is 0 Å². The van der Waals surface area contributed by atoms with Gasteiger partial charge in [-0.15, -0.1) is 0 Å². The van der Waals surface area contributed by atoms with Crippen LogP contribution in [-0.4, -0.2) is 0 Å². The van der Waals surface area contributed by atoms with E-state index in [1.165, 1.54) is 12.8 Å². The van der Waals surface area contributed by atoms with E-state index in [9.17, 15) is 0 Å². The van der Waals surface area contributed by atoms with Crippen molar-refractivity contribution in [3.63, 3.8) is 0 Å². The summed E-state index contributed by atoms with van der Waals surface area (Å²) >= 11 is 0. The molecule has 0 aromatic rings. The fourth-order valence-electron chi connectivity index (χ4n) is 0.535. The predicted molar refractivity (Wildman–Crippen MR) is 37.0 cm³/mol. The maximum atomic E-state index is 5.11. The van der Waals surface area contributed by atoms with Crippen molar-refractivity contribution in [1.29, 1.82) is 0 Å². The van der Waals surface area contributed by atoms with Crippen molar-refractivity contribution < 1.29 is 17.4 Å². The second-order valence-corrected chi connectivity index (χ2v) is 1.78. The number of hydrogen-bond donors (Lipinski definition) is 0. The number of unbranched alkanes of at least 4 members (excludes halogenated alkanes) is 4. The maximum absolute atomic E-state index is 5.11. The zero-order valence-corrected chi connectivity index (χ0v) is 6.95. The first kappa shape index (κ1) is 11.9. The van der Waals surface area contributed by atoms with Crippen LogP contribution in [0.3, 0.4) is 0 Å². The molecule has 0 nitrogen and oxygen atoms in total. The Morgan fingerprint density at radius 1 is 1.44 bits per heavy atom. The summed E-state index contributed by atoms with van der Waals surface area (Å²) < 4.78 is 0. The number of hydrogen-bond acceptors (Lipinski definition) is 0. The molecule has 0 rings (SSSR count). The quantitative estimate of drug-likeness (QED) is 0.429. The Hall–Kier alpha value is 0.142. The van der Waals surface area contributed by atoms with Gasteiger partial charge in [0.25, 0.3) is 0 Å². The van der Waals surface area contributed by atoms with Gasteiger partial charge in [0.15, 0.2) is 0 Å². The van der Waals surface area contributed by atoms with Gasteiger partial charge in [-0.2, -0.15) is 12.8 Å². The van der Waals surface area contributed by atoms with Gasteiger partial charge in [0.2, 0.25) is 0 Å². The molecule has 0 unspecified atom stereocenters. The van der Waals surface area contributed by atoms with E-state index in [2.05, 4.69) is 6.92 Å². The van der Waals surface area contributed by atoms with Crippen molar-refractivity contribution in [1.82, 2.24) is 0 Å². The van der Waals surface area contributed by atoms with E-state index in [1.807, 2.05) is 6.42 Å². The van der Waals surface area contributed by atoms with Gasteiger partial charge in [-0.1, -0.05) is 12.8 Å². The third-order valence-corrected chi connectivity index (χ3v) is 1.01. The van der Waals surface area contributed by atoms with E-state index < -0.39 is 0 Å². The zero-order chi connectivity index (χ0) is 6.24. The molecule has 51 valence electrons. The van der Waals surface area contributed by atoms with Gasteiger partial charge < -0.3 is 26.0 Å². The van der Waals surface area contributed by atoms with Crippen molar-refractivity contribution in [2.45, 2.75) is 25.7 Å². The van der Waals surface area contributed by atoms with Gasteiger partial charge in [0, 0.05) is 0 Å². The predicted octanol–water partition coefficient (Wildman–Crippen LogP) is 2.57. The van der Waals surface area contributed by atoms with Gasteiger partial charge in [0.05, 0.1) is 0 Å². The summed E-state index contributed by atoms with van der Waals surface area (Å²) in [4.78, 5) is 0. The SMILES string of the molecule is [CH-]=C[CH-]CCCC[CH2-].[Cr+3]. The second kappa shape index (κ2) is 11.0. The first-order valence-corrected chi connectivity index (χ1v) is 3.07. The normalized spacial score (nSPS) is 7.67. The molecule has 0 amide bonds. The monoisotopic (exact) mass is 161 g/mol. The summed E-state index contributed by atoms with van der Waals surface area (Å²) in [5.41, 5.74) is 0. The minimum absolute atomic E-state index is 0. The van der Waals surface area contributed by atoms with Crippen molar-refractivity contribution in [2.75, 3.05) is 0 Å². The van der Waals surface area contributed by atoms with Crippen LogP contribution in [-0.2, 0) is 17.4 Å². The molecule has 0 aliphatic rings. The summed E-state index contributed by atoms with van der Waals surface area (Å²) in [7, 11) is 0. The topological polar surface area (TPSA) is 0 Å². The van der Waals surface area contributed by atoms with Gasteiger partial charge >= 0.3 is 17.4 Å². The van der Waals surface area contributed by atoms with Crippen molar-refractivity contribution in [3.05, 3.63) is 26.0 Å². The van der Waals surface area contributed by atoms with Gasteiger partial charge in [0.1, 0.15) is 0 Å². The molecule has 0 bridgehead atoms. The van der Waals surface area contributed by atoms with Crippen molar-refractivity contribution in [2.24, 2.45) is 0 Å². The van der Waals surface area contributed by atoms with Gasteiger partial charge in [-0.05, 0) is 0 Å². The molecule has 0 aliphatic heterocycles. The van der Waals surface area contributed by atoms with Crippen LogP contribution in [0.15, 0.2) is 6.08 Å². The third-order valence-electron chi connectivity index (χ3n) is 1.01.